The first-order chi connectivity index (χ1) is 11.1. The molecular weight excluding hydrogens is 380 g/mol. The fourth-order valence-corrected chi connectivity index (χ4v) is 2.14. The highest BCUT2D eigenvalue weighted by molar-refractivity contribution is 9.10. The molecule has 0 bridgehead atoms. The standard InChI is InChI=1S/C16H21BrN2O5/c1-16(2,3)10-5-6-12(11(17)7-10)24-9-14(21)19-18-13(20)8-15(22)23-4/h5-7H,8-9H2,1-4H3,(H,18,20)(H,19,21). The Labute approximate surface area is 149 Å². The second-order valence-corrected chi connectivity index (χ2v) is 6.89. The number of rotatable bonds is 5. The fraction of sp³-hybridized carbons (Fsp3) is 0.438. The number of hydrazine groups is 1. The molecule has 1 aromatic rings. The van der Waals surface area contributed by atoms with E-state index < -0.39 is 24.2 Å². The molecule has 2 N–H and O–H groups in total. The third-order valence-electron chi connectivity index (χ3n) is 3.03. The monoisotopic (exact) mass is 400 g/mol. The van der Waals surface area contributed by atoms with Crippen LogP contribution in [0.25, 0.3) is 0 Å². The number of methoxy groups -OCH3 is 1. The smallest absolute Gasteiger partial charge is 0.315 e. The molecule has 0 aliphatic rings. The van der Waals surface area contributed by atoms with Crippen LogP contribution in [-0.2, 0) is 24.5 Å². The molecule has 0 radical (unpaired) electrons. The van der Waals surface area contributed by atoms with Gasteiger partial charge >= 0.3 is 5.97 Å². The summed E-state index contributed by atoms with van der Waals surface area (Å²) >= 11 is 3.41. The normalized spacial score (nSPS) is 10.7. The molecule has 1 aromatic carbocycles. The second kappa shape index (κ2) is 8.68. The first-order valence-electron chi connectivity index (χ1n) is 7.21. The van der Waals surface area contributed by atoms with E-state index in [4.69, 9.17) is 4.74 Å². The number of carbonyl (C=O) groups excluding carboxylic acids is 3. The Bertz CT molecular complexity index is 625. The van der Waals surface area contributed by atoms with E-state index in [1.807, 2.05) is 12.1 Å². The maximum atomic E-state index is 11.6. The van der Waals surface area contributed by atoms with Crippen LogP contribution in [0.4, 0.5) is 0 Å². The van der Waals surface area contributed by atoms with Gasteiger partial charge in [0, 0.05) is 0 Å². The van der Waals surface area contributed by atoms with Crippen LogP contribution in [0.15, 0.2) is 22.7 Å². The number of nitrogens with one attached hydrogen (secondary N) is 2. The van der Waals surface area contributed by atoms with E-state index in [0.717, 1.165) is 10.0 Å². The number of carbonyl (C=O) groups is 3. The molecule has 0 saturated heterocycles. The highest BCUT2D eigenvalue weighted by Crippen LogP contribution is 2.31. The summed E-state index contributed by atoms with van der Waals surface area (Å²) in [6, 6.07) is 5.63. The average Bonchev–Trinajstić information content (AvgIpc) is 2.50. The van der Waals surface area contributed by atoms with Crippen molar-refractivity contribution in [3.05, 3.63) is 28.2 Å². The van der Waals surface area contributed by atoms with Crippen LogP contribution in [0.1, 0.15) is 32.8 Å². The minimum Gasteiger partial charge on any atom is -0.483 e. The largest absolute Gasteiger partial charge is 0.483 e. The molecule has 0 aromatic heterocycles. The van der Waals surface area contributed by atoms with Crippen molar-refractivity contribution in [3.63, 3.8) is 0 Å². The zero-order valence-electron chi connectivity index (χ0n) is 14.1. The van der Waals surface area contributed by atoms with Crippen molar-refractivity contribution in [1.82, 2.24) is 10.9 Å². The lowest BCUT2D eigenvalue weighted by molar-refractivity contribution is -0.144. The molecule has 0 aliphatic carbocycles. The molecule has 132 valence electrons. The van der Waals surface area contributed by atoms with Crippen molar-refractivity contribution in [2.24, 2.45) is 0 Å². The van der Waals surface area contributed by atoms with Crippen molar-refractivity contribution < 1.29 is 23.9 Å². The number of hydrogen-bond donors (Lipinski definition) is 2. The number of halogens is 1. The lowest BCUT2D eigenvalue weighted by Gasteiger charge is -2.20. The Hall–Kier alpha value is -2.09. The maximum Gasteiger partial charge on any atom is 0.315 e. The first kappa shape index (κ1) is 20.0. The topological polar surface area (TPSA) is 93.7 Å². The molecule has 0 fully saturated rings. The van der Waals surface area contributed by atoms with E-state index in [1.165, 1.54) is 7.11 Å². The molecule has 2 amide bonds. The molecule has 0 atom stereocenters. The van der Waals surface area contributed by atoms with E-state index >= 15 is 0 Å². The lowest BCUT2D eigenvalue weighted by Crippen LogP contribution is -2.44. The van der Waals surface area contributed by atoms with Crippen LogP contribution in [-0.4, -0.2) is 31.5 Å². The van der Waals surface area contributed by atoms with Gasteiger partial charge in [0.2, 0.25) is 5.91 Å². The van der Waals surface area contributed by atoms with Crippen LogP contribution in [0.2, 0.25) is 0 Å². The third-order valence-corrected chi connectivity index (χ3v) is 3.65. The Morgan fingerprint density at radius 1 is 1.12 bits per heavy atom. The van der Waals surface area contributed by atoms with Gasteiger partial charge < -0.3 is 9.47 Å². The van der Waals surface area contributed by atoms with E-state index in [0.29, 0.717) is 5.75 Å². The molecule has 0 heterocycles. The average molecular weight is 401 g/mol. The summed E-state index contributed by atoms with van der Waals surface area (Å²) in [5.41, 5.74) is 5.38. The maximum absolute atomic E-state index is 11.6. The summed E-state index contributed by atoms with van der Waals surface area (Å²) in [4.78, 5) is 33.8. The van der Waals surface area contributed by atoms with Gasteiger partial charge in [0.15, 0.2) is 6.61 Å². The highest BCUT2D eigenvalue weighted by Gasteiger charge is 2.16. The number of esters is 1. The Morgan fingerprint density at radius 3 is 2.29 bits per heavy atom. The summed E-state index contributed by atoms with van der Waals surface area (Å²) in [6.45, 7) is 6.01. The summed E-state index contributed by atoms with van der Waals surface area (Å²) in [5.74, 6) is -1.41. The van der Waals surface area contributed by atoms with Crippen molar-refractivity contribution in [1.29, 1.82) is 0 Å². The predicted octanol–water partition coefficient (Wildman–Crippen LogP) is 1.84. The van der Waals surface area contributed by atoms with E-state index in [1.54, 1.807) is 6.07 Å². The van der Waals surface area contributed by atoms with E-state index in [-0.39, 0.29) is 12.0 Å². The number of amides is 2. The van der Waals surface area contributed by atoms with Gasteiger partial charge in [-0.05, 0) is 39.0 Å². The van der Waals surface area contributed by atoms with Gasteiger partial charge in [-0.25, -0.2) is 0 Å². The minimum atomic E-state index is -0.694. The van der Waals surface area contributed by atoms with Gasteiger partial charge in [-0.1, -0.05) is 26.8 Å². The fourth-order valence-electron chi connectivity index (χ4n) is 1.65. The van der Waals surface area contributed by atoms with E-state index in [2.05, 4.69) is 52.3 Å². The van der Waals surface area contributed by atoms with Gasteiger partial charge in [0.05, 0.1) is 11.6 Å². The van der Waals surface area contributed by atoms with Gasteiger partial charge in [0.1, 0.15) is 12.2 Å². The molecule has 0 saturated carbocycles. The zero-order valence-corrected chi connectivity index (χ0v) is 15.7. The molecule has 8 heteroatoms. The van der Waals surface area contributed by atoms with Crippen LogP contribution in [0, 0.1) is 0 Å². The zero-order chi connectivity index (χ0) is 18.3. The van der Waals surface area contributed by atoms with Crippen LogP contribution in [0.3, 0.4) is 0 Å². The summed E-state index contributed by atoms with van der Waals surface area (Å²) < 4.78 is 10.5. The Morgan fingerprint density at radius 2 is 1.75 bits per heavy atom. The first-order valence-corrected chi connectivity index (χ1v) is 8.00. The van der Waals surface area contributed by atoms with E-state index in [9.17, 15) is 14.4 Å². The van der Waals surface area contributed by atoms with Gasteiger partial charge in [-0.2, -0.15) is 0 Å². The molecule has 0 aliphatic heterocycles. The molecular formula is C16H21BrN2O5. The molecule has 1 rings (SSSR count). The van der Waals surface area contributed by atoms with Gasteiger partial charge in [0.25, 0.3) is 5.91 Å². The predicted molar refractivity (Wildman–Crippen MR) is 91.3 cm³/mol. The van der Waals surface area contributed by atoms with Crippen LogP contribution in [0.5, 0.6) is 5.75 Å². The highest BCUT2D eigenvalue weighted by atomic mass is 79.9. The van der Waals surface area contributed by atoms with Crippen molar-refractivity contribution >= 4 is 33.7 Å². The van der Waals surface area contributed by atoms with Crippen molar-refractivity contribution in [2.75, 3.05) is 13.7 Å². The van der Waals surface area contributed by atoms with Gasteiger partial charge in [-0.3, -0.25) is 25.2 Å². The summed E-state index contributed by atoms with van der Waals surface area (Å²) in [7, 11) is 1.17. The number of ether oxygens (including phenoxy) is 2. The summed E-state index contributed by atoms with van der Waals surface area (Å²) in [5, 5.41) is 0. The van der Waals surface area contributed by atoms with Crippen molar-refractivity contribution in [3.8, 4) is 5.75 Å². The Kier molecular flexibility index (Phi) is 7.21. The SMILES string of the molecule is COC(=O)CC(=O)NNC(=O)COc1ccc(C(C)(C)C)cc1Br. The third kappa shape index (κ3) is 6.57. The Balaban J connectivity index is 2.47. The van der Waals surface area contributed by atoms with Crippen LogP contribution >= 0.6 is 15.9 Å². The molecule has 7 nitrogen and oxygen atoms in total. The number of hydrogen-bond acceptors (Lipinski definition) is 5. The second-order valence-electron chi connectivity index (χ2n) is 6.03. The molecule has 0 spiro atoms. The minimum absolute atomic E-state index is 0.00233. The van der Waals surface area contributed by atoms with Gasteiger partial charge in [-0.15, -0.1) is 0 Å². The quantitative estimate of drug-likeness (QED) is 0.446. The lowest BCUT2D eigenvalue weighted by atomic mass is 9.87. The number of benzene rings is 1. The molecule has 0 unspecified atom stereocenters. The molecule has 24 heavy (non-hydrogen) atoms. The van der Waals surface area contributed by atoms with Crippen molar-refractivity contribution in [2.45, 2.75) is 32.6 Å². The summed E-state index contributed by atoms with van der Waals surface area (Å²) in [6.07, 6.45) is -0.475. The van der Waals surface area contributed by atoms with Crippen LogP contribution < -0.4 is 15.6 Å².